The van der Waals surface area contributed by atoms with Crippen molar-refractivity contribution in [2.75, 3.05) is 18.4 Å². The van der Waals surface area contributed by atoms with Crippen LogP contribution in [-0.4, -0.2) is 52.2 Å². The summed E-state index contributed by atoms with van der Waals surface area (Å²) in [4.78, 5) is 17.1. The molecule has 1 saturated heterocycles. The zero-order valence-corrected chi connectivity index (χ0v) is 18.4. The molecule has 1 aliphatic rings. The van der Waals surface area contributed by atoms with Crippen LogP contribution in [0, 0.1) is 0 Å². The van der Waals surface area contributed by atoms with Crippen molar-refractivity contribution < 1.29 is 13.2 Å². The van der Waals surface area contributed by atoms with Gasteiger partial charge in [0.25, 0.3) is 0 Å². The van der Waals surface area contributed by atoms with E-state index in [1.165, 1.54) is 16.1 Å². The summed E-state index contributed by atoms with van der Waals surface area (Å²) in [5.41, 5.74) is 0.557. The van der Waals surface area contributed by atoms with Gasteiger partial charge in [-0.15, -0.1) is 5.10 Å². The minimum atomic E-state index is -3.47. The molecule has 1 atom stereocenters. The van der Waals surface area contributed by atoms with Crippen LogP contribution in [0.25, 0.3) is 0 Å². The van der Waals surface area contributed by atoms with Crippen molar-refractivity contribution in [1.29, 1.82) is 0 Å². The first-order valence-electron chi connectivity index (χ1n) is 9.89. The summed E-state index contributed by atoms with van der Waals surface area (Å²) in [5, 5.41) is 9.96. The van der Waals surface area contributed by atoms with Gasteiger partial charge in [-0.3, -0.25) is 9.89 Å². The molecule has 1 fully saturated rings. The highest BCUT2D eigenvalue weighted by Gasteiger charge is 2.26. The molecule has 10 heteroatoms. The second-order valence-corrected chi connectivity index (χ2v) is 10.3. The van der Waals surface area contributed by atoms with Gasteiger partial charge in [-0.25, -0.2) is 13.4 Å². The number of nitrogens with zero attached hydrogens (tertiary/aromatic N) is 3. The highest BCUT2D eigenvalue weighted by molar-refractivity contribution is 8.00. The lowest BCUT2D eigenvalue weighted by Crippen LogP contribution is -2.35. The molecule has 0 radical (unpaired) electrons. The highest BCUT2D eigenvalue weighted by atomic mass is 32.2. The lowest BCUT2D eigenvalue weighted by molar-refractivity contribution is -0.115. The van der Waals surface area contributed by atoms with Crippen molar-refractivity contribution in [3.8, 4) is 0 Å². The van der Waals surface area contributed by atoms with Crippen molar-refractivity contribution in [1.82, 2.24) is 19.5 Å². The maximum atomic E-state index is 12.7. The Balaban J connectivity index is 1.58. The first kappa shape index (κ1) is 21.8. The summed E-state index contributed by atoms with van der Waals surface area (Å²) in [6.45, 7) is 4.98. The molecule has 0 bridgehead atoms. The van der Waals surface area contributed by atoms with Crippen LogP contribution >= 0.6 is 11.8 Å². The van der Waals surface area contributed by atoms with Gasteiger partial charge < -0.3 is 5.32 Å². The van der Waals surface area contributed by atoms with Crippen molar-refractivity contribution >= 4 is 33.4 Å². The molecule has 8 nitrogen and oxygen atoms in total. The molecule has 29 heavy (non-hydrogen) atoms. The number of sulfonamides is 1. The molecule has 0 saturated carbocycles. The van der Waals surface area contributed by atoms with E-state index in [4.69, 9.17) is 0 Å². The quantitative estimate of drug-likeness (QED) is 0.615. The number of hydrogen-bond acceptors (Lipinski definition) is 6. The summed E-state index contributed by atoms with van der Waals surface area (Å²) in [6, 6.07) is 6.34. The van der Waals surface area contributed by atoms with Crippen LogP contribution in [0.3, 0.4) is 0 Å². The Labute approximate surface area is 175 Å². The number of aryl methyl sites for hydroxylation is 1. The minimum absolute atomic E-state index is 0.191. The molecule has 0 spiro atoms. The molecular formula is C19H27N5O3S2. The number of thioether (sulfide) groups is 1. The van der Waals surface area contributed by atoms with Gasteiger partial charge in [-0.2, -0.15) is 4.31 Å². The maximum absolute atomic E-state index is 12.7. The van der Waals surface area contributed by atoms with Crippen LogP contribution in [0.1, 0.15) is 45.4 Å². The van der Waals surface area contributed by atoms with Crippen LogP contribution in [-0.2, 0) is 21.2 Å². The monoisotopic (exact) mass is 437 g/mol. The molecule has 1 amide bonds. The smallest absolute Gasteiger partial charge is 0.243 e. The van der Waals surface area contributed by atoms with Crippen molar-refractivity contribution in [2.45, 2.75) is 61.3 Å². The standard InChI is InChI=1S/C19H27N5O3S2/c1-3-7-17-21-19(23-22-17)28-14(2)18(25)20-15-8-10-16(11-9-15)29(26,27)24-12-5-4-6-13-24/h8-11,14H,3-7,12-13H2,1-2H3,(H,20,25)(H,21,22,23). The zero-order chi connectivity index (χ0) is 20.9. The van der Waals surface area contributed by atoms with E-state index in [-0.39, 0.29) is 10.8 Å². The Morgan fingerprint density at radius 2 is 1.93 bits per heavy atom. The van der Waals surface area contributed by atoms with E-state index in [0.29, 0.717) is 23.9 Å². The number of H-pyrrole nitrogens is 1. The fraction of sp³-hybridized carbons (Fsp3) is 0.526. The van der Waals surface area contributed by atoms with Crippen LogP contribution in [0.2, 0.25) is 0 Å². The molecule has 158 valence electrons. The first-order valence-corrected chi connectivity index (χ1v) is 12.2. The highest BCUT2D eigenvalue weighted by Crippen LogP contribution is 2.24. The number of rotatable bonds is 8. The van der Waals surface area contributed by atoms with Gasteiger partial charge in [0.1, 0.15) is 5.82 Å². The third-order valence-corrected chi connectivity index (χ3v) is 7.60. The number of carbonyl (C=O) groups excluding carboxylic acids is 1. The molecule has 2 aromatic rings. The number of aromatic nitrogens is 3. The second kappa shape index (κ2) is 9.73. The van der Waals surface area contributed by atoms with Gasteiger partial charge in [-0.1, -0.05) is 25.1 Å². The van der Waals surface area contributed by atoms with Crippen molar-refractivity contribution in [3.05, 3.63) is 30.1 Å². The summed E-state index contributed by atoms with van der Waals surface area (Å²) in [6.07, 6.45) is 4.65. The Bertz CT molecular complexity index is 922. The summed E-state index contributed by atoms with van der Waals surface area (Å²) >= 11 is 1.28. The average Bonchev–Trinajstić information content (AvgIpc) is 3.16. The Morgan fingerprint density at radius 1 is 1.24 bits per heavy atom. The molecule has 2 heterocycles. The lowest BCUT2D eigenvalue weighted by atomic mass is 10.2. The lowest BCUT2D eigenvalue weighted by Gasteiger charge is -2.25. The number of benzene rings is 1. The fourth-order valence-electron chi connectivity index (χ4n) is 3.10. The predicted molar refractivity (Wildman–Crippen MR) is 113 cm³/mol. The van der Waals surface area contributed by atoms with Gasteiger partial charge in [0.05, 0.1) is 10.1 Å². The number of hydrogen-bond donors (Lipinski definition) is 2. The van der Waals surface area contributed by atoms with E-state index in [1.54, 1.807) is 31.2 Å². The number of amides is 1. The molecule has 2 N–H and O–H groups in total. The van der Waals surface area contributed by atoms with E-state index in [1.807, 2.05) is 0 Å². The summed E-state index contributed by atoms with van der Waals surface area (Å²) in [7, 11) is -3.47. The molecule has 1 aromatic heterocycles. The number of nitrogens with one attached hydrogen (secondary N) is 2. The molecular weight excluding hydrogens is 410 g/mol. The van der Waals surface area contributed by atoms with Gasteiger partial charge in [0.2, 0.25) is 21.1 Å². The minimum Gasteiger partial charge on any atom is -0.325 e. The first-order chi connectivity index (χ1) is 13.9. The average molecular weight is 438 g/mol. The van der Waals surface area contributed by atoms with E-state index in [9.17, 15) is 13.2 Å². The molecule has 3 rings (SSSR count). The SMILES string of the molecule is CCCc1nc(SC(C)C(=O)Nc2ccc(S(=O)(=O)N3CCCCC3)cc2)n[nH]1. The van der Waals surface area contributed by atoms with Gasteiger partial charge in [0, 0.05) is 25.2 Å². The van der Waals surface area contributed by atoms with Crippen molar-refractivity contribution in [3.63, 3.8) is 0 Å². The third-order valence-electron chi connectivity index (χ3n) is 4.72. The van der Waals surface area contributed by atoms with Crippen LogP contribution in [0.4, 0.5) is 5.69 Å². The molecule has 0 aliphatic carbocycles. The van der Waals surface area contributed by atoms with Crippen molar-refractivity contribution in [2.24, 2.45) is 0 Å². The van der Waals surface area contributed by atoms with E-state index in [0.717, 1.165) is 37.9 Å². The van der Waals surface area contributed by atoms with Crippen LogP contribution in [0.15, 0.2) is 34.3 Å². The third kappa shape index (κ3) is 5.58. The normalized spacial score (nSPS) is 16.5. The Hall–Kier alpha value is -1.91. The predicted octanol–water partition coefficient (Wildman–Crippen LogP) is 3.05. The van der Waals surface area contributed by atoms with E-state index >= 15 is 0 Å². The largest absolute Gasteiger partial charge is 0.325 e. The summed E-state index contributed by atoms with van der Waals surface area (Å²) < 4.78 is 26.9. The zero-order valence-electron chi connectivity index (χ0n) is 16.7. The number of anilines is 1. The Kier molecular flexibility index (Phi) is 7.31. The van der Waals surface area contributed by atoms with Gasteiger partial charge in [-0.05, 0) is 50.5 Å². The van der Waals surface area contributed by atoms with Gasteiger partial charge in [0.15, 0.2) is 0 Å². The fourth-order valence-corrected chi connectivity index (χ4v) is 5.36. The molecule has 1 aromatic carbocycles. The number of carbonyl (C=O) groups is 1. The van der Waals surface area contributed by atoms with E-state index in [2.05, 4.69) is 27.4 Å². The topological polar surface area (TPSA) is 108 Å². The number of piperidine rings is 1. The molecule has 1 aliphatic heterocycles. The second-order valence-electron chi connectivity index (χ2n) is 7.05. The van der Waals surface area contributed by atoms with Crippen LogP contribution in [0.5, 0.6) is 0 Å². The summed E-state index contributed by atoms with van der Waals surface area (Å²) in [5.74, 6) is 0.622. The van der Waals surface area contributed by atoms with Gasteiger partial charge >= 0.3 is 0 Å². The van der Waals surface area contributed by atoms with Crippen LogP contribution < -0.4 is 5.32 Å². The number of aromatic amines is 1. The Morgan fingerprint density at radius 3 is 2.59 bits per heavy atom. The van der Waals surface area contributed by atoms with E-state index < -0.39 is 15.3 Å². The molecule has 1 unspecified atom stereocenters. The maximum Gasteiger partial charge on any atom is 0.243 e.